The first-order chi connectivity index (χ1) is 6.74. The zero-order valence-electron chi connectivity index (χ0n) is 8.81. The zero-order valence-corrected chi connectivity index (χ0v) is 8.81. The summed E-state index contributed by atoms with van der Waals surface area (Å²) < 4.78 is 0. The summed E-state index contributed by atoms with van der Waals surface area (Å²) in [5.74, 6) is 0.245. The van der Waals surface area contributed by atoms with E-state index >= 15 is 0 Å². The molecule has 2 fully saturated rings. The number of rotatable bonds is 1. The van der Waals surface area contributed by atoms with Crippen LogP contribution in [0.15, 0.2) is 0 Å². The molecule has 2 N–H and O–H groups in total. The van der Waals surface area contributed by atoms with E-state index in [1.807, 2.05) is 7.05 Å². The maximum Gasteiger partial charge on any atom is 0.220 e. The summed E-state index contributed by atoms with van der Waals surface area (Å²) in [6.07, 6.45) is 5.11. The normalized spacial score (nSPS) is 27.6. The number of amides is 1. The summed E-state index contributed by atoms with van der Waals surface area (Å²) >= 11 is 0. The third kappa shape index (κ3) is 1.91. The summed E-state index contributed by atoms with van der Waals surface area (Å²) in [5.41, 5.74) is 3.29. The Balaban J connectivity index is 1.94. The minimum absolute atomic E-state index is 0.128. The molecular formula is C10H19N3O. The molecule has 0 unspecified atom stereocenters. The Morgan fingerprint density at radius 3 is 2.64 bits per heavy atom. The molecule has 0 aliphatic carbocycles. The molecular weight excluding hydrogens is 178 g/mol. The Bertz CT molecular complexity index is 221. The van der Waals surface area contributed by atoms with Crippen molar-refractivity contribution in [1.29, 1.82) is 0 Å². The van der Waals surface area contributed by atoms with Crippen molar-refractivity contribution in [2.75, 3.05) is 20.1 Å². The van der Waals surface area contributed by atoms with Crippen LogP contribution in [0.25, 0.3) is 0 Å². The van der Waals surface area contributed by atoms with Crippen LogP contribution in [0.5, 0.6) is 0 Å². The number of hydrogen-bond donors (Lipinski definition) is 2. The molecule has 0 bridgehead atoms. The highest BCUT2D eigenvalue weighted by atomic mass is 16.1. The first kappa shape index (κ1) is 9.93. The predicted octanol–water partition coefficient (Wildman–Crippen LogP) is 0.255. The number of hydrogen-bond acceptors (Lipinski definition) is 3. The average Bonchev–Trinajstić information content (AvgIpc) is 2.19. The van der Waals surface area contributed by atoms with E-state index < -0.39 is 0 Å². The van der Waals surface area contributed by atoms with Crippen LogP contribution in [-0.4, -0.2) is 36.6 Å². The van der Waals surface area contributed by atoms with Gasteiger partial charge in [0.2, 0.25) is 5.91 Å². The molecule has 0 atom stereocenters. The van der Waals surface area contributed by atoms with Gasteiger partial charge >= 0.3 is 0 Å². The molecule has 2 aliphatic rings. The molecule has 0 aromatic rings. The quantitative estimate of drug-likeness (QED) is 0.633. The summed E-state index contributed by atoms with van der Waals surface area (Å²) in [6, 6.07) is 0. The van der Waals surface area contributed by atoms with Gasteiger partial charge in [0.1, 0.15) is 0 Å². The van der Waals surface area contributed by atoms with Gasteiger partial charge in [-0.05, 0) is 32.7 Å². The third-order valence-electron chi connectivity index (χ3n) is 3.50. The molecule has 4 heteroatoms. The lowest BCUT2D eigenvalue weighted by molar-refractivity contribution is -0.126. The van der Waals surface area contributed by atoms with Crippen LogP contribution in [-0.2, 0) is 4.79 Å². The molecule has 4 nitrogen and oxygen atoms in total. The molecule has 0 radical (unpaired) electrons. The molecule has 0 saturated carbocycles. The monoisotopic (exact) mass is 197 g/mol. The van der Waals surface area contributed by atoms with Crippen molar-refractivity contribution in [2.24, 2.45) is 0 Å². The van der Waals surface area contributed by atoms with Crippen LogP contribution < -0.4 is 10.7 Å². The highest BCUT2D eigenvalue weighted by Crippen LogP contribution is 2.29. The molecule has 1 amide bonds. The van der Waals surface area contributed by atoms with E-state index in [2.05, 4.69) is 15.8 Å². The lowest BCUT2D eigenvalue weighted by Gasteiger charge is -2.44. The minimum Gasteiger partial charge on any atom is -0.351 e. The van der Waals surface area contributed by atoms with Gasteiger partial charge in [-0.25, -0.2) is 5.01 Å². The third-order valence-corrected chi connectivity index (χ3v) is 3.50. The molecule has 80 valence electrons. The van der Waals surface area contributed by atoms with Crippen molar-refractivity contribution < 1.29 is 4.79 Å². The number of carbonyl (C=O) groups is 1. The van der Waals surface area contributed by atoms with Crippen LogP contribution in [0, 0.1) is 0 Å². The van der Waals surface area contributed by atoms with Gasteiger partial charge in [0.05, 0.1) is 0 Å². The average molecular weight is 197 g/mol. The first-order valence-corrected chi connectivity index (χ1v) is 5.47. The van der Waals surface area contributed by atoms with Crippen LogP contribution >= 0.6 is 0 Å². The summed E-state index contributed by atoms with van der Waals surface area (Å²) in [6.45, 7) is 2.08. The Morgan fingerprint density at radius 1 is 1.36 bits per heavy atom. The van der Waals surface area contributed by atoms with Gasteiger partial charge in [-0.3, -0.25) is 10.2 Å². The lowest BCUT2D eigenvalue weighted by Crippen LogP contribution is -2.58. The standard InChI is InChI=1S/C10H19N3O/c1-11-13-7-5-10(6-8-13)4-2-3-9(14)12-10/h11H,2-8H2,1H3,(H,12,14). The summed E-state index contributed by atoms with van der Waals surface area (Å²) in [7, 11) is 1.96. The maximum atomic E-state index is 11.3. The Morgan fingerprint density at radius 2 is 2.07 bits per heavy atom. The second-order valence-electron chi connectivity index (χ2n) is 4.39. The fourth-order valence-corrected chi connectivity index (χ4v) is 2.54. The van der Waals surface area contributed by atoms with E-state index in [0.29, 0.717) is 0 Å². The second-order valence-corrected chi connectivity index (χ2v) is 4.39. The lowest BCUT2D eigenvalue weighted by atomic mass is 9.81. The molecule has 2 heterocycles. The highest BCUT2D eigenvalue weighted by Gasteiger charge is 2.37. The molecule has 2 rings (SSSR count). The van der Waals surface area contributed by atoms with Crippen LogP contribution in [0.1, 0.15) is 32.1 Å². The second kappa shape index (κ2) is 3.87. The topological polar surface area (TPSA) is 44.4 Å². The molecule has 2 aliphatic heterocycles. The van der Waals surface area contributed by atoms with E-state index in [0.717, 1.165) is 45.2 Å². The number of nitrogens with zero attached hydrogens (tertiary/aromatic N) is 1. The van der Waals surface area contributed by atoms with Gasteiger partial charge in [-0.1, -0.05) is 0 Å². The van der Waals surface area contributed by atoms with Crippen molar-refractivity contribution >= 4 is 5.91 Å². The van der Waals surface area contributed by atoms with E-state index in [1.54, 1.807) is 0 Å². The van der Waals surface area contributed by atoms with Gasteiger partial charge in [0.15, 0.2) is 0 Å². The number of nitrogens with one attached hydrogen (secondary N) is 2. The largest absolute Gasteiger partial charge is 0.351 e. The van der Waals surface area contributed by atoms with Crippen molar-refractivity contribution in [3.05, 3.63) is 0 Å². The maximum absolute atomic E-state index is 11.3. The molecule has 14 heavy (non-hydrogen) atoms. The van der Waals surface area contributed by atoms with E-state index in [-0.39, 0.29) is 11.4 Å². The van der Waals surface area contributed by atoms with Crippen molar-refractivity contribution in [1.82, 2.24) is 15.8 Å². The SMILES string of the molecule is CNN1CCC2(CCCC(=O)N2)CC1. The summed E-state index contributed by atoms with van der Waals surface area (Å²) in [4.78, 5) is 11.3. The minimum atomic E-state index is 0.128. The van der Waals surface area contributed by atoms with E-state index in [1.165, 1.54) is 0 Å². The Kier molecular flexibility index (Phi) is 2.74. The first-order valence-electron chi connectivity index (χ1n) is 5.47. The number of piperidine rings is 2. The van der Waals surface area contributed by atoms with Gasteiger partial charge < -0.3 is 5.32 Å². The highest BCUT2D eigenvalue weighted by molar-refractivity contribution is 5.77. The predicted molar refractivity (Wildman–Crippen MR) is 54.6 cm³/mol. The fraction of sp³-hybridized carbons (Fsp3) is 0.900. The van der Waals surface area contributed by atoms with E-state index in [9.17, 15) is 4.79 Å². The molecule has 1 spiro atoms. The molecule has 0 aromatic carbocycles. The van der Waals surface area contributed by atoms with Crippen molar-refractivity contribution in [3.8, 4) is 0 Å². The molecule has 0 aromatic heterocycles. The van der Waals surface area contributed by atoms with E-state index in [4.69, 9.17) is 0 Å². The fourth-order valence-electron chi connectivity index (χ4n) is 2.54. The number of hydrazine groups is 1. The summed E-state index contributed by atoms with van der Waals surface area (Å²) in [5, 5.41) is 5.40. The smallest absolute Gasteiger partial charge is 0.220 e. The van der Waals surface area contributed by atoms with Gasteiger partial charge in [0.25, 0.3) is 0 Å². The number of carbonyl (C=O) groups excluding carboxylic acids is 1. The zero-order chi connectivity index (χ0) is 10.0. The Hall–Kier alpha value is -0.610. The van der Waals surface area contributed by atoms with Gasteiger partial charge in [-0.15, -0.1) is 0 Å². The van der Waals surface area contributed by atoms with Crippen LogP contribution in [0.2, 0.25) is 0 Å². The molecule has 2 saturated heterocycles. The van der Waals surface area contributed by atoms with Crippen LogP contribution in [0.3, 0.4) is 0 Å². The Labute approximate surface area is 85.0 Å². The van der Waals surface area contributed by atoms with Crippen molar-refractivity contribution in [2.45, 2.75) is 37.6 Å². The van der Waals surface area contributed by atoms with Gasteiger partial charge in [0, 0.05) is 25.0 Å². The van der Waals surface area contributed by atoms with Crippen LogP contribution in [0.4, 0.5) is 0 Å². The van der Waals surface area contributed by atoms with Gasteiger partial charge in [-0.2, -0.15) is 0 Å². The van der Waals surface area contributed by atoms with Crippen molar-refractivity contribution in [3.63, 3.8) is 0 Å².